The lowest BCUT2D eigenvalue weighted by Crippen LogP contribution is -2.60. The van der Waals surface area contributed by atoms with Crippen LogP contribution in [0.15, 0.2) is 47.6 Å². The highest BCUT2D eigenvalue weighted by atomic mass is 19.1. The third kappa shape index (κ3) is 4.06. The molecule has 0 radical (unpaired) electrons. The highest BCUT2D eigenvalue weighted by Crippen LogP contribution is 2.24. The molecular weight excluding hydrogens is 383 g/mol. The molecule has 7 heteroatoms. The van der Waals surface area contributed by atoms with Gasteiger partial charge in [-0.25, -0.2) is 4.39 Å². The van der Waals surface area contributed by atoms with Crippen LogP contribution in [0.3, 0.4) is 0 Å². The largest absolute Gasteiger partial charge is 0.368 e. The first-order valence-corrected chi connectivity index (χ1v) is 9.91. The fraction of sp³-hybridized carbons (Fsp3) is 0.304. The number of terminal acetylenes is 1. The molecule has 1 unspecified atom stereocenters. The van der Waals surface area contributed by atoms with Crippen LogP contribution in [0.1, 0.15) is 39.7 Å². The first-order valence-electron chi connectivity index (χ1n) is 9.91. The Morgan fingerprint density at radius 3 is 2.93 bits per heavy atom. The van der Waals surface area contributed by atoms with Gasteiger partial charge in [0, 0.05) is 49.6 Å². The number of nitrogens with zero attached hydrogens (tertiary/aromatic N) is 2. The quantitative estimate of drug-likeness (QED) is 0.505. The lowest BCUT2D eigenvalue weighted by Gasteiger charge is -2.39. The molecule has 2 aromatic carbocycles. The number of hydrogen-bond acceptors (Lipinski definition) is 5. The second-order valence-corrected chi connectivity index (χ2v) is 7.48. The van der Waals surface area contributed by atoms with Crippen molar-refractivity contribution in [2.24, 2.45) is 5.10 Å². The molecule has 0 saturated carbocycles. The number of aliphatic hydroxyl groups is 1. The summed E-state index contributed by atoms with van der Waals surface area (Å²) in [6.45, 7) is 1.78. The summed E-state index contributed by atoms with van der Waals surface area (Å²) in [5.74, 6) is 1.72. The predicted molar refractivity (Wildman–Crippen MR) is 112 cm³/mol. The van der Waals surface area contributed by atoms with E-state index in [1.807, 2.05) is 24.3 Å². The smallest absolute Gasteiger partial charge is 0.256 e. The van der Waals surface area contributed by atoms with Crippen LogP contribution in [-0.2, 0) is 6.42 Å². The van der Waals surface area contributed by atoms with Gasteiger partial charge in [0.25, 0.3) is 5.91 Å². The Morgan fingerprint density at radius 2 is 2.13 bits per heavy atom. The number of likely N-dealkylation sites (tertiary alicyclic amines) is 1. The number of nitrogens with one attached hydrogen (secondary N) is 2. The van der Waals surface area contributed by atoms with E-state index in [0.717, 1.165) is 22.4 Å². The Morgan fingerprint density at radius 1 is 1.33 bits per heavy atom. The molecule has 0 bridgehead atoms. The zero-order valence-corrected chi connectivity index (χ0v) is 16.4. The van der Waals surface area contributed by atoms with Gasteiger partial charge in [-0.05, 0) is 17.7 Å². The summed E-state index contributed by atoms with van der Waals surface area (Å²) in [6.07, 6.45) is 5.43. The van der Waals surface area contributed by atoms with Crippen LogP contribution in [0.5, 0.6) is 0 Å². The standard InChI is InChI=1S/C23H23FN4O2/c1-2-3-10-25-16-13-28(14-16)23(30)19-11-15(8-9-20(19)24)12-21-17-6-4-5-7-18(17)22(29)27-26-21/h1,4-9,11,16,22,25,27,29H,3,10,12-14H2. The van der Waals surface area contributed by atoms with Crippen LogP contribution in [0, 0.1) is 18.2 Å². The number of carbonyl (C=O) groups excluding carboxylic acids is 1. The number of hydrogen-bond donors (Lipinski definition) is 3. The van der Waals surface area contributed by atoms with E-state index in [9.17, 15) is 14.3 Å². The van der Waals surface area contributed by atoms with E-state index in [4.69, 9.17) is 6.42 Å². The number of hydrazone groups is 1. The van der Waals surface area contributed by atoms with Crippen LogP contribution in [0.2, 0.25) is 0 Å². The second kappa shape index (κ2) is 8.66. The number of halogens is 1. The second-order valence-electron chi connectivity index (χ2n) is 7.48. The van der Waals surface area contributed by atoms with Gasteiger partial charge < -0.3 is 15.3 Å². The van der Waals surface area contributed by atoms with E-state index in [0.29, 0.717) is 32.5 Å². The van der Waals surface area contributed by atoms with Crippen molar-refractivity contribution in [2.45, 2.75) is 25.1 Å². The minimum Gasteiger partial charge on any atom is -0.368 e. The topological polar surface area (TPSA) is 77.0 Å². The fourth-order valence-electron chi connectivity index (χ4n) is 3.73. The number of fused-ring (bicyclic) bond motifs is 1. The first-order chi connectivity index (χ1) is 14.6. The molecule has 2 heterocycles. The molecule has 2 aliphatic heterocycles. The molecule has 0 spiro atoms. The van der Waals surface area contributed by atoms with Gasteiger partial charge in [-0.3, -0.25) is 10.2 Å². The van der Waals surface area contributed by atoms with Crippen molar-refractivity contribution in [1.29, 1.82) is 0 Å². The summed E-state index contributed by atoms with van der Waals surface area (Å²) in [4.78, 5) is 14.4. The average molecular weight is 406 g/mol. The Balaban J connectivity index is 1.46. The molecule has 0 aliphatic carbocycles. The minimum atomic E-state index is -0.857. The van der Waals surface area contributed by atoms with Gasteiger partial charge >= 0.3 is 0 Å². The summed E-state index contributed by atoms with van der Waals surface area (Å²) < 4.78 is 14.4. The predicted octanol–water partition coefficient (Wildman–Crippen LogP) is 1.80. The molecule has 2 aromatic rings. The molecule has 6 nitrogen and oxygen atoms in total. The van der Waals surface area contributed by atoms with Gasteiger partial charge in [0.2, 0.25) is 0 Å². The maximum atomic E-state index is 14.4. The maximum Gasteiger partial charge on any atom is 0.256 e. The zero-order chi connectivity index (χ0) is 21.1. The molecule has 30 heavy (non-hydrogen) atoms. The number of benzene rings is 2. The summed E-state index contributed by atoms with van der Waals surface area (Å²) in [7, 11) is 0. The lowest BCUT2D eigenvalue weighted by molar-refractivity contribution is 0.0564. The highest BCUT2D eigenvalue weighted by molar-refractivity contribution is 6.04. The van der Waals surface area contributed by atoms with E-state index >= 15 is 0 Å². The number of carbonyl (C=O) groups is 1. The van der Waals surface area contributed by atoms with E-state index in [1.54, 1.807) is 17.0 Å². The van der Waals surface area contributed by atoms with Crippen molar-refractivity contribution in [3.63, 3.8) is 0 Å². The van der Waals surface area contributed by atoms with Crippen molar-refractivity contribution in [1.82, 2.24) is 15.6 Å². The van der Waals surface area contributed by atoms with E-state index in [1.165, 1.54) is 6.07 Å². The normalized spacial score (nSPS) is 18.0. The molecule has 1 atom stereocenters. The van der Waals surface area contributed by atoms with Crippen LogP contribution in [0.25, 0.3) is 0 Å². The maximum absolute atomic E-state index is 14.4. The summed E-state index contributed by atoms with van der Waals surface area (Å²) in [5, 5.41) is 17.6. The van der Waals surface area contributed by atoms with E-state index in [-0.39, 0.29) is 17.5 Å². The van der Waals surface area contributed by atoms with Crippen molar-refractivity contribution < 1.29 is 14.3 Å². The van der Waals surface area contributed by atoms with Gasteiger partial charge in [-0.1, -0.05) is 30.3 Å². The Kier molecular flexibility index (Phi) is 5.79. The SMILES string of the molecule is C#CCCNC1CN(C(=O)c2cc(CC3=NNC(O)c4ccccc43)ccc2F)C1. The summed E-state index contributed by atoms with van der Waals surface area (Å²) in [6, 6.07) is 12.2. The molecule has 154 valence electrons. The van der Waals surface area contributed by atoms with Crippen LogP contribution in [-0.4, -0.2) is 47.3 Å². The Hall–Kier alpha value is -3.21. The van der Waals surface area contributed by atoms with Crippen molar-refractivity contribution >= 4 is 11.6 Å². The van der Waals surface area contributed by atoms with Crippen LogP contribution >= 0.6 is 0 Å². The summed E-state index contributed by atoms with van der Waals surface area (Å²) in [5.41, 5.74) is 5.83. The number of rotatable bonds is 6. The Bertz CT molecular complexity index is 1020. The highest BCUT2D eigenvalue weighted by Gasteiger charge is 2.32. The zero-order valence-electron chi connectivity index (χ0n) is 16.4. The average Bonchev–Trinajstić information content (AvgIpc) is 2.73. The fourth-order valence-corrected chi connectivity index (χ4v) is 3.73. The minimum absolute atomic E-state index is 0.0623. The van der Waals surface area contributed by atoms with Gasteiger partial charge in [0.1, 0.15) is 5.82 Å². The monoisotopic (exact) mass is 406 g/mol. The number of aliphatic hydroxyl groups excluding tert-OH is 1. The first kappa shape index (κ1) is 20.1. The molecule has 1 fully saturated rings. The lowest BCUT2D eigenvalue weighted by atomic mass is 9.95. The molecule has 2 aliphatic rings. The van der Waals surface area contributed by atoms with Gasteiger partial charge in [-0.2, -0.15) is 5.10 Å². The van der Waals surface area contributed by atoms with E-state index in [2.05, 4.69) is 21.8 Å². The molecular formula is C23H23FN4O2. The molecule has 1 amide bonds. The number of amides is 1. The third-order valence-corrected chi connectivity index (χ3v) is 5.39. The Labute approximate surface area is 174 Å². The van der Waals surface area contributed by atoms with Crippen LogP contribution in [0.4, 0.5) is 4.39 Å². The van der Waals surface area contributed by atoms with Crippen molar-refractivity contribution in [3.05, 3.63) is 70.5 Å². The van der Waals surface area contributed by atoms with Gasteiger partial charge in [-0.15, -0.1) is 12.3 Å². The van der Waals surface area contributed by atoms with Gasteiger partial charge in [0.15, 0.2) is 6.23 Å². The molecule has 4 rings (SSSR count). The molecule has 3 N–H and O–H groups in total. The van der Waals surface area contributed by atoms with E-state index < -0.39 is 12.0 Å². The van der Waals surface area contributed by atoms with Crippen molar-refractivity contribution in [2.75, 3.05) is 19.6 Å². The third-order valence-electron chi connectivity index (χ3n) is 5.39. The van der Waals surface area contributed by atoms with Gasteiger partial charge in [0.05, 0.1) is 11.3 Å². The van der Waals surface area contributed by atoms with Crippen molar-refractivity contribution in [3.8, 4) is 12.3 Å². The molecule has 1 saturated heterocycles. The van der Waals surface area contributed by atoms with Crippen LogP contribution < -0.4 is 10.7 Å². The summed E-state index contributed by atoms with van der Waals surface area (Å²) >= 11 is 0. The molecule has 0 aromatic heterocycles.